The number of benzene rings is 1. The van der Waals surface area contributed by atoms with Crippen LogP contribution in [0.5, 0.6) is 5.75 Å². The molecule has 64 valence electrons. The second-order valence-corrected chi connectivity index (χ2v) is 3.85. The van der Waals surface area contributed by atoms with Crippen LogP contribution >= 0.6 is 0 Å². The van der Waals surface area contributed by atoms with E-state index in [4.69, 9.17) is 0 Å². The van der Waals surface area contributed by atoms with E-state index >= 15 is 0 Å². The van der Waals surface area contributed by atoms with Crippen LogP contribution in [0.15, 0.2) is 18.2 Å². The van der Waals surface area contributed by atoms with Gasteiger partial charge in [0.2, 0.25) is 0 Å². The minimum absolute atomic E-state index is 0.398. The summed E-state index contributed by atoms with van der Waals surface area (Å²) in [7, 11) is 0. The zero-order chi connectivity index (χ0) is 8.72. The molecule has 1 heteroatoms. The summed E-state index contributed by atoms with van der Waals surface area (Å²) in [6.45, 7) is 4.52. The molecule has 12 heavy (non-hydrogen) atoms. The fourth-order valence-electron chi connectivity index (χ4n) is 2.04. The first-order chi connectivity index (χ1) is 5.68. The first-order valence-corrected chi connectivity index (χ1v) is 4.50. The Morgan fingerprint density at radius 2 is 2.08 bits per heavy atom. The molecule has 1 aromatic carbocycles. The molecule has 0 amide bonds. The van der Waals surface area contributed by atoms with Crippen LogP contribution in [0.4, 0.5) is 0 Å². The Morgan fingerprint density at radius 1 is 1.33 bits per heavy atom. The molecular formula is C11H14O. The van der Waals surface area contributed by atoms with Crippen molar-refractivity contribution in [1.82, 2.24) is 0 Å². The van der Waals surface area contributed by atoms with E-state index in [0.29, 0.717) is 11.7 Å². The van der Waals surface area contributed by atoms with Crippen molar-refractivity contribution in [2.75, 3.05) is 0 Å². The van der Waals surface area contributed by atoms with Crippen LogP contribution < -0.4 is 0 Å². The molecule has 0 saturated carbocycles. The maximum Gasteiger partial charge on any atom is 0.115 e. The third kappa shape index (κ3) is 1.01. The Bertz CT molecular complexity index is 304. The van der Waals surface area contributed by atoms with E-state index in [9.17, 15) is 5.11 Å². The molecule has 0 aromatic heterocycles. The van der Waals surface area contributed by atoms with Crippen LogP contribution in [0.3, 0.4) is 0 Å². The fourth-order valence-corrected chi connectivity index (χ4v) is 2.04. The zero-order valence-electron chi connectivity index (χ0n) is 7.54. The number of aromatic hydroxyl groups is 1. The molecule has 0 unspecified atom stereocenters. The molecule has 0 radical (unpaired) electrons. The van der Waals surface area contributed by atoms with Crippen LogP contribution in [0, 0.1) is 5.92 Å². The topological polar surface area (TPSA) is 20.2 Å². The Labute approximate surface area is 73.0 Å². The third-order valence-electron chi connectivity index (χ3n) is 3.01. The second kappa shape index (κ2) is 2.51. The minimum Gasteiger partial charge on any atom is -0.508 e. The van der Waals surface area contributed by atoms with Gasteiger partial charge in [-0.1, -0.05) is 19.9 Å². The number of phenolic OH excluding ortho intramolecular Hbond substituents is 1. The van der Waals surface area contributed by atoms with E-state index in [1.54, 1.807) is 6.07 Å². The molecule has 0 bridgehead atoms. The molecular weight excluding hydrogens is 148 g/mol. The van der Waals surface area contributed by atoms with Gasteiger partial charge in [0, 0.05) is 0 Å². The molecule has 2 rings (SSSR count). The summed E-state index contributed by atoms with van der Waals surface area (Å²) < 4.78 is 0. The molecule has 0 spiro atoms. The van der Waals surface area contributed by atoms with E-state index in [0.717, 1.165) is 12.3 Å². The average molecular weight is 162 g/mol. The standard InChI is InChI=1S/C11H14O/c1-7-5-9-6-10(12)3-4-11(9)8(7)2/h3-4,6-8,12H,5H2,1-2H3/t7-,8+/m1/s1. The van der Waals surface area contributed by atoms with Crippen molar-refractivity contribution < 1.29 is 5.11 Å². The smallest absolute Gasteiger partial charge is 0.115 e. The number of hydrogen-bond acceptors (Lipinski definition) is 1. The van der Waals surface area contributed by atoms with Gasteiger partial charge in [-0.25, -0.2) is 0 Å². The molecule has 0 saturated heterocycles. The highest BCUT2D eigenvalue weighted by molar-refractivity contribution is 5.40. The normalized spacial score (nSPS) is 27.2. The fraction of sp³-hybridized carbons (Fsp3) is 0.455. The van der Waals surface area contributed by atoms with Gasteiger partial charge in [-0.05, 0) is 41.5 Å². The van der Waals surface area contributed by atoms with Crippen LogP contribution in [0.25, 0.3) is 0 Å². The summed E-state index contributed by atoms with van der Waals surface area (Å²) in [5.41, 5.74) is 2.75. The first-order valence-electron chi connectivity index (χ1n) is 4.50. The number of phenols is 1. The highest BCUT2D eigenvalue weighted by atomic mass is 16.3. The average Bonchev–Trinajstić information content (AvgIpc) is 2.28. The largest absolute Gasteiger partial charge is 0.508 e. The summed E-state index contributed by atoms with van der Waals surface area (Å²) in [5, 5.41) is 9.27. The molecule has 1 N–H and O–H groups in total. The van der Waals surface area contributed by atoms with Crippen molar-refractivity contribution in [3.05, 3.63) is 29.3 Å². The molecule has 1 aliphatic rings. The summed E-state index contributed by atoms with van der Waals surface area (Å²) in [4.78, 5) is 0. The minimum atomic E-state index is 0.398. The lowest BCUT2D eigenvalue weighted by molar-refractivity contribution is 0.474. The predicted octanol–water partition coefficient (Wildman–Crippen LogP) is 2.69. The molecule has 1 aromatic rings. The van der Waals surface area contributed by atoms with E-state index < -0.39 is 0 Å². The zero-order valence-corrected chi connectivity index (χ0v) is 7.54. The summed E-state index contributed by atoms with van der Waals surface area (Å²) in [5.74, 6) is 1.78. The van der Waals surface area contributed by atoms with Gasteiger partial charge < -0.3 is 5.11 Å². The number of fused-ring (bicyclic) bond motifs is 1. The molecule has 1 nitrogen and oxygen atoms in total. The SMILES string of the molecule is C[C@@H]1Cc2cc(O)ccc2[C@H]1C. The third-order valence-corrected chi connectivity index (χ3v) is 3.01. The highest BCUT2D eigenvalue weighted by Crippen LogP contribution is 2.38. The van der Waals surface area contributed by atoms with Gasteiger partial charge in [-0.3, -0.25) is 0 Å². The molecule has 1 aliphatic carbocycles. The van der Waals surface area contributed by atoms with Crippen LogP contribution in [0.1, 0.15) is 30.9 Å². The van der Waals surface area contributed by atoms with Gasteiger partial charge in [0.25, 0.3) is 0 Å². The lowest BCUT2D eigenvalue weighted by Crippen LogP contribution is -1.97. The summed E-state index contributed by atoms with van der Waals surface area (Å²) >= 11 is 0. The quantitative estimate of drug-likeness (QED) is 0.621. The predicted molar refractivity (Wildman–Crippen MR) is 49.4 cm³/mol. The van der Waals surface area contributed by atoms with Crippen LogP contribution in [-0.2, 0) is 6.42 Å². The molecule has 0 aliphatic heterocycles. The Morgan fingerprint density at radius 3 is 2.83 bits per heavy atom. The van der Waals surface area contributed by atoms with Gasteiger partial charge >= 0.3 is 0 Å². The Balaban J connectivity index is 2.47. The van der Waals surface area contributed by atoms with E-state index in [1.807, 2.05) is 6.07 Å². The second-order valence-electron chi connectivity index (χ2n) is 3.85. The van der Waals surface area contributed by atoms with Crippen molar-refractivity contribution in [2.24, 2.45) is 5.92 Å². The van der Waals surface area contributed by atoms with Crippen molar-refractivity contribution in [1.29, 1.82) is 0 Å². The van der Waals surface area contributed by atoms with Gasteiger partial charge in [-0.15, -0.1) is 0 Å². The molecule has 0 fully saturated rings. The Kier molecular flexibility index (Phi) is 1.60. The van der Waals surface area contributed by atoms with Crippen molar-refractivity contribution in [2.45, 2.75) is 26.2 Å². The number of hydrogen-bond donors (Lipinski definition) is 1. The van der Waals surface area contributed by atoms with Gasteiger partial charge in [0.1, 0.15) is 5.75 Å². The Hall–Kier alpha value is -0.980. The van der Waals surface area contributed by atoms with E-state index in [2.05, 4.69) is 19.9 Å². The van der Waals surface area contributed by atoms with Crippen molar-refractivity contribution in [3.63, 3.8) is 0 Å². The lowest BCUT2D eigenvalue weighted by atomic mass is 9.97. The van der Waals surface area contributed by atoms with Gasteiger partial charge in [-0.2, -0.15) is 0 Å². The maximum atomic E-state index is 9.27. The maximum absolute atomic E-state index is 9.27. The van der Waals surface area contributed by atoms with E-state index in [1.165, 1.54) is 11.1 Å². The van der Waals surface area contributed by atoms with Gasteiger partial charge in [0.05, 0.1) is 0 Å². The molecule has 2 atom stereocenters. The number of rotatable bonds is 0. The van der Waals surface area contributed by atoms with Crippen molar-refractivity contribution in [3.8, 4) is 5.75 Å². The van der Waals surface area contributed by atoms with E-state index in [-0.39, 0.29) is 0 Å². The van der Waals surface area contributed by atoms with Crippen LogP contribution in [-0.4, -0.2) is 5.11 Å². The summed E-state index contributed by atoms with van der Waals surface area (Å²) in [6, 6.07) is 5.74. The first kappa shape index (κ1) is 7.66. The van der Waals surface area contributed by atoms with Gasteiger partial charge in [0.15, 0.2) is 0 Å². The van der Waals surface area contributed by atoms with Crippen LogP contribution in [0.2, 0.25) is 0 Å². The highest BCUT2D eigenvalue weighted by Gasteiger charge is 2.25. The van der Waals surface area contributed by atoms with Crippen molar-refractivity contribution >= 4 is 0 Å². The summed E-state index contributed by atoms with van der Waals surface area (Å²) in [6.07, 6.45) is 1.12. The lowest BCUT2D eigenvalue weighted by Gasteiger charge is -2.08. The molecule has 0 heterocycles. The monoisotopic (exact) mass is 162 g/mol.